The zero-order valence-corrected chi connectivity index (χ0v) is 15.8. The molecule has 134 valence electrons. The van der Waals surface area contributed by atoms with Gasteiger partial charge in [-0.15, -0.1) is 11.3 Å². The first-order chi connectivity index (χ1) is 12.1. The van der Waals surface area contributed by atoms with Crippen LogP contribution in [-0.2, 0) is 4.79 Å². The molecule has 6 heteroatoms. The SMILES string of the molecule is CCCN(CCC)C(=O)C1=Cc2sc(C#CCCN)cc2N=C(N)C1. The highest BCUT2D eigenvalue weighted by molar-refractivity contribution is 7.14. The normalized spacial score (nSPS) is 13.1. The van der Waals surface area contributed by atoms with Gasteiger partial charge in [-0.2, -0.15) is 0 Å². The minimum Gasteiger partial charge on any atom is -0.387 e. The lowest BCUT2D eigenvalue weighted by molar-refractivity contribution is -0.127. The summed E-state index contributed by atoms with van der Waals surface area (Å²) in [6, 6.07) is 1.93. The average Bonchev–Trinajstić information content (AvgIpc) is 2.87. The van der Waals surface area contributed by atoms with Gasteiger partial charge in [0.1, 0.15) is 5.84 Å². The number of nitrogens with two attached hydrogens (primary N) is 2. The van der Waals surface area contributed by atoms with E-state index in [0.29, 0.717) is 30.8 Å². The van der Waals surface area contributed by atoms with Crippen molar-refractivity contribution in [3.05, 3.63) is 21.4 Å². The Morgan fingerprint density at radius 2 is 2.08 bits per heavy atom. The third-order valence-corrected chi connectivity index (χ3v) is 4.70. The van der Waals surface area contributed by atoms with E-state index < -0.39 is 0 Å². The lowest BCUT2D eigenvalue weighted by atomic mass is 10.1. The van der Waals surface area contributed by atoms with Crippen molar-refractivity contribution in [2.24, 2.45) is 16.5 Å². The van der Waals surface area contributed by atoms with Gasteiger partial charge in [0.15, 0.2) is 0 Å². The van der Waals surface area contributed by atoms with Crippen LogP contribution in [0.3, 0.4) is 0 Å². The highest BCUT2D eigenvalue weighted by Crippen LogP contribution is 2.34. The van der Waals surface area contributed by atoms with Crippen molar-refractivity contribution in [3.63, 3.8) is 0 Å². The van der Waals surface area contributed by atoms with Crippen molar-refractivity contribution in [2.75, 3.05) is 19.6 Å². The number of aliphatic imine (C=N–C) groups is 1. The molecule has 1 aromatic heterocycles. The van der Waals surface area contributed by atoms with Gasteiger partial charge in [-0.1, -0.05) is 25.7 Å². The fourth-order valence-corrected chi connectivity index (χ4v) is 3.60. The van der Waals surface area contributed by atoms with Crippen LogP contribution in [0.4, 0.5) is 5.69 Å². The van der Waals surface area contributed by atoms with Crippen molar-refractivity contribution >= 4 is 34.8 Å². The third kappa shape index (κ3) is 5.18. The Morgan fingerprint density at radius 3 is 2.72 bits per heavy atom. The van der Waals surface area contributed by atoms with E-state index in [9.17, 15) is 4.79 Å². The molecule has 1 aromatic rings. The van der Waals surface area contributed by atoms with Gasteiger partial charge in [0.25, 0.3) is 0 Å². The molecule has 0 radical (unpaired) electrons. The number of fused-ring (bicyclic) bond motifs is 1. The molecule has 2 heterocycles. The third-order valence-electron chi connectivity index (χ3n) is 3.71. The van der Waals surface area contributed by atoms with E-state index >= 15 is 0 Å². The average molecular weight is 359 g/mol. The van der Waals surface area contributed by atoms with Gasteiger partial charge in [-0.05, 0) is 25.0 Å². The molecule has 25 heavy (non-hydrogen) atoms. The molecule has 0 aromatic carbocycles. The Labute approximate surface area is 153 Å². The first kappa shape index (κ1) is 19.2. The van der Waals surface area contributed by atoms with Crippen LogP contribution in [0.2, 0.25) is 0 Å². The van der Waals surface area contributed by atoms with E-state index in [1.807, 2.05) is 17.0 Å². The molecular weight excluding hydrogens is 332 g/mol. The molecule has 0 saturated heterocycles. The number of hydrogen-bond donors (Lipinski definition) is 2. The van der Waals surface area contributed by atoms with E-state index in [4.69, 9.17) is 11.5 Å². The molecule has 0 fully saturated rings. The highest BCUT2D eigenvalue weighted by atomic mass is 32.1. The van der Waals surface area contributed by atoms with Crippen molar-refractivity contribution in [1.82, 2.24) is 4.90 Å². The smallest absolute Gasteiger partial charge is 0.250 e. The highest BCUT2D eigenvalue weighted by Gasteiger charge is 2.21. The summed E-state index contributed by atoms with van der Waals surface area (Å²) in [4.78, 5) is 21.1. The summed E-state index contributed by atoms with van der Waals surface area (Å²) in [5, 5.41) is 0. The second-order valence-corrected chi connectivity index (χ2v) is 7.03. The van der Waals surface area contributed by atoms with Crippen LogP contribution in [0.1, 0.15) is 49.3 Å². The number of carbonyl (C=O) groups excluding carboxylic acids is 1. The summed E-state index contributed by atoms with van der Waals surface area (Å²) < 4.78 is 0. The molecule has 1 aliphatic heterocycles. The molecule has 0 atom stereocenters. The zero-order chi connectivity index (χ0) is 18.2. The molecule has 1 aliphatic rings. The molecule has 1 amide bonds. The number of thiophene rings is 1. The minimum atomic E-state index is 0.0545. The number of rotatable bonds is 6. The maximum atomic E-state index is 12.9. The Hall–Kier alpha value is -2.10. The lowest BCUT2D eigenvalue weighted by Gasteiger charge is -2.22. The van der Waals surface area contributed by atoms with Crippen LogP contribution in [0.5, 0.6) is 0 Å². The number of amides is 1. The summed E-state index contributed by atoms with van der Waals surface area (Å²) in [6.07, 6.45) is 4.86. The maximum Gasteiger partial charge on any atom is 0.250 e. The number of amidine groups is 1. The fraction of sp³-hybridized carbons (Fsp3) is 0.474. The lowest BCUT2D eigenvalue weighted by Crippen LogP contribution is -2.34. The summed E-state index contributed by atoms with van der Waals surface area (Å²) >= 11 is 1.54. The van der Waals surface area contributed by atoms with Crippen LogP contribution < -0.4 is 11.5 Å². The van der Waals surface area contributed by atoms with Gasteiger partial charge < -0.3 is 16.4 Å². The number of nitrogens with zero attached hydrogens (tertiary/aromatic N) is 2. The second kappa shape index (κ2) is 9.40. The molecule has 0 saturated carbocycles. The van der Waals surface area contributed by atoms with E-state index in [-0.39, 0.29) is 5.91 Å². The molecule has 4 N–H and O–H groups in total. The van der Waals surface area contributed by atoms with E-state index in [1.54, 1.807) is 0 Å². The molecule has 5 nitrogen and oxygen atoms in total. The summed E-state index contributed by atoms with van der Waals surface area (Å²) in [5.74, 6) is 6.65. The molecule has 0 unspecified atom stereocenters. The van der Waals surface area contributed by atoms with Crippen LogP contribution >= 0.6 is 11.3 Å². The molecule has 2 rings (SSSR count). The Morgan fingerprint density at radius 1 is 1.36 bits per heavy atom. The Balaban J connectivity index is 2.32. The summed E-state index contributed by atoms with van der Waals surface area (Å²) in [7, 11) is 0. The second-order valence-electron chi connectivity index (χ2n) is 5.94. The van der Waals surface area contributed by atoms with Crippen molar-refractivity contribution < 1.29 is 4.79 Å². The van der Waals surface area contributed by atoms with Crippen molar-refractivity contribution in [2.45, 2.75) is 39.5 Å². The summed E-state index contributed by atoms with van der Waals surface area (Å²) in [6.45, 7) is 6.22. The van der Waals surface area contributed by atoms with E-state index in [1.165, 1.54) is 11.3 Å². The Bertz CT molecular complexity index is 730. The monoisotopic (exact) mass is 358 g/mol. The van der Waals surface area contributed by atoms with Gasteiger partial charge in [-0.25, -0.2) is 4.99 Å². The van der Waals surface area contributed by atoms with Gasteiger partial charge in [0.2, 0.25) is 5.91 Å². The first-order valence-corrected chi connectivity index (χ1v) is 9.56. The van der Waals surface area contributed by atoms with Crippen LogP contribution in [0.15, 0.2) is 16.6 Å². The zero-order valence-electron chi connectivity index (χ0n) is 15.0. The largest absolute Gasteiger partial charge is 0.387 e. The van der Waals surface area contributed by atoms with Crippen LogP contribution in [0.25, 0.3) is 6.08 Å². The minimum absolute atomic E-state index is 0.0545. The van der Waals surface area contributed by atoms with Crippen LogP contribution in [-0.4, -0.2) is 36.3 Å². The predicted molar refractivity (Wildman–Crippen MR) is 106 cm³/mol. The van der Waals surface area contributed by atoms with Crippen LogP contribution in [0, 0.1) is 11.8 Å². The topological polar surface area (TPSA) is 84.7 Å². The molecule has 0 bridgehead atoms. The predicted octanol–water partition coefficient (Wildman–Crippen LogP) is 2.87. The number of carbonyl (C=O) groups is 1. The van der Waals surface area contributed by atoms with E-state index in [0.717, 1.165) is 41.4 Å². The van der Waals surface area contributed by atoms with Gasteiger partial charge in [0, 0.05) is 38.0 Å². The Kier molecular flexibility index (Phi) is 7.23. The quantitative estimate of drug-likeness (QED) is 0.767. The fourth-order valence-electron chi connectivity index (χ4n) is 2.66. The van der Waals surface area contributed by atoms with Crippen molar-refractivity contribution in [3.8, 4) is 11.8 Å². The maximum absolute atomic E-state index is 12.9. The first-order valence-electron chi connectivity index (χ1n) is 8.74. The molecule has 0 aliphatic carbocycles. The molecular formula is C19H26N4OS. The van der Waals surface area contributed by atoms with Gasteiger partial charge in [-0.3, -0.25) is 4.79 Å². The summed E-state index contributed by atoms with van der Waals surface area (Å²) in [5.41, 5.74) is 13.0. The van der Waals surface area contributed by atoms with Gasteiger partial charge >= 0.3 is 0 Å². The molecule has 0 spiro atoms. The standard InChI is InChI=1S/C19H26N4OS/c1-3-9-23(10-4-2)19(24)14-11-17-16(22-18(21)12-14)13-15(25-17)7-5-6-8-20/h11,13H,3-4,6,8-10,12,20H2,1-2H3,(H2,21,22). The van der Waals surface area contributed by atoms with Crippen molar-refractivity contribution in [1.29, 1.82) is 0 Å². The van der Waals surface area contributed by atoms with E-state index in [2.05, 4.69) is 30.7 Å². The number of hydrogen-bond acceptors (Lipinski definition) is 5. The van der Waals surface area contributed by atoms with Gasteiger partial charge in [0.05, 0.1) is 15.4 Å².